The van der Waals surface area contributed by atoms with E-state index in [0.29, 0.717) is 10.6 Å². The summed E-state index contributed by atoms with van der Waals surface area (Å²) in [5.41, 5.74) is 5.49. The minimum absolute atomic E-state index is 0. The molecule has 1 unspecified atom stereocenters. The van der Waals surface area contributed by atoms with Gasteiger partial charge in [-0.1, -0.05) is 23.7 Å². The molecule has 0 amide bonds. The number of nitrogens with two attached hydrogens (primary N) is 1. The average molecular weight is 260 g/mol. The summed E-state index contributed by atoms with van der Waals surface area (Å²) in [6.07, 6.45) is -4.57. The van der Waals surface area contributed by atoms with Gasteiger partial charge in [-0.05, 0) is 24.1 Å². The maximum Gasteiger partial charge on any atom is 0.403 e. The lowest BCUT2D eigenvalue weighted by Gasteiger charge is -2.15. The highest BCUT2D eigenvalue weighted by molar-refractivity contribution is 6.30. The van der Waals surface area contributed by atoms with Crippen molar-refractivity contribution in [3.8, 4) is 0 Å². The van der Waals surface area contributed by atoms with Gasteiger partial charge in [0.15, 0.2) is 0 Å². The predicted molar refractivity (Wildman–Crippen MR) is 56.4 cm³/mol. The van der Waals surface area contributed by atoms with E-state index in [4.69, 9.17) is 17.3 Å². The highest BCUT2D eigenvalue weighted by Crippen LogP contribution is 2.21. The summed E-state index contributed by atoms with van der Waals surface area (Å²) >= 11 is 5.58. The molecule has 15 heavy (non-hydrogen) atoms. The van der Waals surface area contributed by atoms with Crippen molar-refractivity contribution < 1.29 is 13.2 Å². The van der Waals surface area contributed by atoms with Crippen LogP contribution in [0.1, 0.15) is 5.56 Å². The molecule has 0 heterocycles. The van der Waals surface area contributed by atoms with Gasteiger partial charge in [-0.3, -0.25) is 0 Å². The highest BCUT2D eigenvalue weighted by atomic mass is 35.5. The van der Waals surface area contributed by atoms with Crippen LogP contribution < -0.4 is 5.73 Å². The first-order chi connectivity index (χ1) is 6.39. The van der Waals surface area contributed by atoms with Gasteiger partial charge in [0.05, 0.1) is 0 Å². The Labute approximate surface area is 96.8 Å². The van der Waals surface area contributed by atoms with Gasteiger partial charge < -0.3 is 5.73 Å². The zero-order valence-corrected chi connectivity index (χ0v) is 9.16. The van der Waals surface area contributed by atoms with Crippen LogP contribution in [-0.4, -0.2) is 12.2 Å². The minimum Gasteiger partial charge on any atom is -0.320 e. The van der Waals surface area contributed by atoms with E-state index in [1.165, 1.54) is 12.1 Å². The SMILES string of the molecule is Cl.NC(Cc1ccc(Cl)cc1)C(F)(F)F. The molecule has 1 aromatic carbocycles. The van der Waals surface area contributed by atoms with Crippen molar-refractivity contribution in [2.75, 3.05) is 0 Å². The topological polar surface area (TPSA) is 26.0 Å². The number of benzene rings is 1. The Hall–Kier alpha value is -0.450. The molecular weight excluding hydrogens is 250 g/mol. The van der Waals surface area contributed by atoms with E-state index in [0.717, 1.165) is 0 Å². The van der Waals surface area contributed by atoms with Gasteiger partial charge in [0, 0.05) is 5.02 Å². The molecule has 0 aliphatic rings. The monoisotopic (exact) mass is 259 g/mol. The molecular formula is C9H10Cl2F3N. The van der Waals surface area contributed by atoms with Crippen molar-refractivity contribution in [3.63, 3.8) is 0 Å². The molecule has 86 valence electrons. The minimum atomic E-state index is -4.35. The fraction of sp³-hybridized carbons (Fsp3) is 0.333. The Balaban J connectivity index is 0.00000196. The Morgan fingerprint density at radius 2 is 1.67 bits per heavy atom. The number of halogens is 5. The fourth-order valence-corrected chi connectivity index (χ4v) is 1.12. The van der Waals surface area contributed by atoms with Gasteiger partial charge >= 0.3 is 6.18 Å². The third-order valence-corrected chi connectivity index (χ3v) is 2.04. The van der Waals surface area contributed by atoms with Crippen LogP contribution in [0.3, 0.4) is 0 Å². The maximum atomic E-state index is 12.1. The summed E-state index contributed by atoms with van der Waals surface area (Å²) in [6, 6.07) is 4.34. The molecule has 0 aliphatic carbocycles. The number of hydrogen-bond acceptors (Lipinski definition) is 1. The van der Waals surface area contributed by atoms with Crippen LogP contribution in [0.25, 0.3) is 0 Å². The summed E-state index contributed by atoms with van der Waals surface area (Å²) in [6.45, 7) is 0. The van der Waals surface area contributed by atoms with Crippen LogP contribution in [0.15, 0.2) is 24.3 Å². The molecule has 0 aromatic heterocycles. The Morgan fingerprint density at radius 3 is 2.07 bits per heavy atom. The van der Waals surface area contributed by atoms with Crippen molar-refractivity contribution in [1.29, 1.82) is 0 Å². The predicted octanol–water partition coefficient (Wildman–Crippen LogP) is 3.19. The molecule has 0 bridgehead atoms. The summed E-state index contributed by atoms with van der Waals surface area (Å²) in [7, 11) is 0. The van der Waals surface area contributed by atoms with Gasteiger partial charge in [0.2, 0.25) is 0 Å². The van der Waals surface area contributed by atoms with E-state index in [1.54, 1.807) is 12.1 Å². The van der Waals surface area contributed by atoms with Crippen LogP contribution in [-0.2, 0) is 6.42 Å². The number of rotatable bonds is 2. The normalized spacial score (nSPS) is 13.1. The Bertz CT molecular complexity index is 297. The molecule has 2 N–H and O–H groups in total. The zero-order valence-electron chi connectivity index (χ0n) is 7.59. The van der Waals surface area contributed by atoms with Crippen LogP contribution in [0.5, 0.6) is 0 Å². The number of hydrogen-bond donors (Lipinski definition) is 1. The molecule has 1 atom stereocenters. The third kappa shape index (κ3) is 4.73. The molecule has 0 spiro atoms. The van der Waals surface area contributed by atoms with E-state index >= 15 is 0 Å². The second kappa shape index (κ2) is 5.58. The van der Waals surface area contributed by atoms with E-state index in [9.17, 15) is 13.2 Å². The van der Waals surface area contributed by atoms with Gasteiger partial charge in [-0.2, -0.15) is 13.2 Å². The van der Waals surface area contributed by atoms with E-state index < -0.39 is 12.2 Å². The van der Waals surface area contributed by atoms with Gasteiger partial charge in [0.25, 0.3) is 0 Å². The van der Waals surface area contributed by atoms with Gasteiger partial charge in [-0.15, -0.1) is 12.4 Å². The van der Waals surface area contributed by atoms with Crippen LogP contribution in [0, 0.1) is 0 Å². The highest BCUT2D eigenvalue weighted by Gasteiger charge is 2.36. The molecule has 0 saturated heterocycles. The quantitative estimate of drug-likeness (QED) is 0.868. The average Bonchev–Trinajstić information content (AvgIpc) is 2.07. The summed E-state index contributed by atoms with van der Waals surface area (Å²) in [5.74, 6) is 0. The van der Waals surface area contributed by atoms with E-state index in [2.05, 4.69) is 0 Å². The molecule has 6 heteroatoms. The smallest absolute Gasteiger partial charge is 0.320 e. The fourth-order valence-electron chi connectivity index (χ4n) is 0.990. The first kappa shape index (κ1) is 14.6. The Morgan fingerprint density at radius 1 is 1.20 bits per heavy atom. The van der Waals surface area contributed by atoms with E-state index in [-0.39, 0.29) is 18.8 Å². The first-order valence-corrected chi connectivity index (χ1v) is 4.34. The van der Waals surface area contributed by atoms with Crippen molar-refractivity contribution in [3.05, 3.63) is 34.9 Å². The second-order valence-corrected chi connectivity index (χ2v) is 3.42. The summed E-state index contributed by atoms with van der Waals surface area (Å²) in [4.78, 5) is 0. The van der Waals surface area contributed by atoms with Crippen molar-refractivity contribution in [2.24, 2.45) is 5.73 Å². The van der Waals surface area contributed by atoms with Crippen molar-refractivity contribution in [1.82, 2.24) is 0 Å². The lowest BCUT2D eigenvalue weighted by Crippen LogP contribution is -2.39. The van der Waals surface area contributed by atoms with Crippen LogP contribution in [0.4, 0.5) is 13.2 Å². The summed E-state index contributed by atoms with van der Waals surface area (Å²) < 4.78 is 36.2. The second-order valence-electron chi connectivity index (χ2n) is 2.98. The lowest BCUT2D eigenvalue weighted by atomic mass is 10.1. The van der Waals surface area contributed by atoms with Crippen molar-refractivity contribution in [2.45, 2.75) is 18.6 Å². The number of alkyl halides is 3. The third-order valence-electron chi connectivity index (χ3n) is 1.79. The molecule has 1 rings (SSSR count). The zero-order chi connectivity index (χ0) is 10.8. The molecule has 0 saturated carbocycles. The molecule has 1 nitrogen and oxygen atoms in total. The van der Waals surface area contributed by atoms with Gasteiger partial charge in [-0.25, -0.2) is 0 Å². The largest absolute Gasteiger partial charge is 0.403 e. The molecule has 0 aliphatic heterocycles. The maximum absolute atomic E-state index is 12.1. The molecule has 0 radical (unpaired) electrons. The molecule has 1 aromatic rings. The first-order valence-electron chi connectivity index (χ1n) is 3.96. The van der Waals surface area contributed by atoms with Crippen LogP contribution >= 0.6 is 24.0 Å². The van der Waals surface area contributed by atoms with Crippen LogP contribution in [0.2, 0.25) is 5.02 Å². The van der Waals surface area contributed by atoms with Gasteiger partial charge in [0.1, 0.15) is 6.04 Å². The van der Waals surface area contributed by atoms with Crippen molar-refractivity contribution >= 4 is 24.0 Å². The Kier molecular flexibility index (Phi) is 5.42. The standard InChI is InChI=1S/C9H9ClF3N.ClH/c10-7-3-1-6(2-4-7)5-8(14)9(11,12)13;/h1-4,8H,5,14H2;1H. The summed E-state index contributed by atoms with van der Waals surface area (Å²) in [5, 5.41) is 0.495. The van der Waals surface area contributed by atoms with E-state index in [1.807, 2.05) is 0 Å². The lowest BCUT2D eigenvalue weighted by molar-refractivity contribution is -0.147. The molecule has 0 fully saturated rings.